The van der Waals surface area contributed by atoms with Crippen LogP contribution in [0.15, 0.2) is 36.5 Å². The number of aromatic nitrogens is 2. The number of hydrogen-bond acceptors (Lipinski definition) is 5. The lowest BCUT2D eigenvalue weighted by Crippen LogP contribution is -2.17. The van der Waals surface area contributed by atoms with Crippen LogP contribution in [0.2, 0.25) is 5.28 Å². The number of halogens is 1. The Kier molecular flexibility index (Phi) is 4.98. The molecule has 2 aromatic rings. The van der Waals surface area contributed by atoms with Gasteiger partial charge in [0.2, 0.25) is 15.3 Å². The van der Waals surface area contributed by atoms with Gasteiger partial charge in [0.25, 0.3) is 0 Å². The van der Waals surface area contributed by atoms with E-state index in [9.17, 15) is 8.42 Å². The Morgan fingerprint density at radius 1 is 1.19 bits per heavy atom. The molecule has 8 heteroatoms. The van der Waals surface area contributed by atoms with Gasteiger partial charge in [-0.1, -0.05) is 19.1 Å². The second-order valence-corrected chi connectivity index (χ2v) is 6.48. The highest BCUT2D eigenvalue weighted by molar-refractivity contribution is 7.92. The smallest absolute Gasteiger partial charge is 0.232 e. The largest absolute Gasteiger partial charge is 0.338 e. The summed E-state index contributed by atoms with van der Waals surface area (Å²) in [5, 5.41) is 3.13. The van der Waals surface area contributed by atoms with Crippen molar-refractivity contribution in [1.82, 2.24) is 9.97 Å². The molecule has 112 valence electrons. The number of hydrogen-bond donors (Lipinski definition) is 2. The number of benzene rings is 1. The molecule has 0 radical (unpaired) electrons. The van der Waals surface area contributed by atoms with Crippen molar-refractivity contribution in [3.05, 3.63) is 41.8 Å². The fourth-order valence-corrected chi connectivity index (χ4v) is 3.01. The lowest BCUT2D eigenvalue weighted by molar-refractivity contribution is 0.600. The summed E-state index contributed by atoms with van der Waals surface area (Å²) in [6.07, 6.45) is 2.06. The maximum atomic E-state index is 11.9. The molecule has 1 aromatic heterocycles. The van der Waals surface area contributed by atoms with Crippen LogP contribution in [-0.2, 0) is 10.0 Å². The number of rotatable bonds is 6. The molecule has 0 aliphatic heterocycles. The summed E-state index contributed by atoms with van der Waals surface area (Å²) in [5.41, 5.74) is 1.05. The predicted octanol–water partition coefficient (Wildman–Crippen LogP) is 3.03. The van der Waals surface area contributed by atoms with Crippen molar-refractivity contribution in [3.63, 3.8) is 0 Å². The molecule has 0 fully saturated rings. The number of sulfonamides is 1. The van der Waals surface area contributed by atoms with Gasteiger partial charge in [0.1, 0.15) is 5.82 Å². The van der Waals surface area contributed by atoms with Crippen LogP contribution < -0.4 is 10.0 Å². The molecular formula is C13H15ClN4O2S. The summed E-state index contributed by atoms with van der Waals surface area (Å²) in [6, 6.07) is 8.62. The van der Waals surface area contributed by atoms with Gasteiger partial charge in [-0.25, -0.2) is 18.4 Å². The van der Waals surface area contributed by atoms with Crippen LogP contribution in [0.1, 0.15) is 13.3 Å². The Morgan fingerprint density at radius 2 is 1.90 bits per heavy atom. The molecule has 0 bridgehead atoms. The van der Waals surface area contributed by atoms with E-state index in [1.54, 1.807) is 30.3 Å². The van der Waals surface area contributed by atoms with Crippen LogP contribution in [0.25, 0.3) is 0 Å². The van der Waals surface area contributed by atoms with E-state index < -0.39 is 10.0 Å². The molecule has 1 heterocycles. The highest BCUT2D eigenvalue weighted by Gasteiger charge is 2.12. The van der Waals surface area contributed by atoms with Gasteiger partial charge in [-0.15, -0.1) is 0 Å². The molecule has 6 nitrogen and oxygen atoms in total. The third-order valence-electron chi connectivity index (χ3n) is 2.55. The second-order valence-electron chi connectivity index (χ2n) is 4.30. The van der Waals surface area contributed by atoms with Crippen molar-refractivity contribution in [2.24, 2.45) is 0 Å². The third-order valence-corrected chi connectivity index (χ3v) is 4.21. The Balaban J connectivity index is 2.25. The van der Waals surface area contributed by atoms with Gasteiger partial charge in [-0.3, -0.25) is 4.72 Å². The first kappa shape index (κ1) is 15.5. The van der Waals surface area contributed by atoms with Crippen LogP contribution in [0.3, 0.4) is 0 Å². The molecule has 2 N–H and O–H groups in total. The number of nitrogens with zero attached hydrogens (tertiary/aromatic N) is 2. The molecule has 0 saturated carbocycles. The fourth-order valence-electron chi connectivity index (χ4n) is 1.71. The average Bonchev–Trinajstić information content (AvgIpc) is 2.40. The second kappa shape index (κ2) is 6.73. The topological polar surface area (TPSA) is 84.0 Å². The van der Waals surface area contributed by atoms with Crippen molar-refractivity contribution >= 4 is 38.8 Å². The maximum absolute atomic E-state index is 11.9. The quantitative estimate of drug-likeness (QED) is 0.797. The lowest BCUT2D eigenvalue weighted by Gasteiger charge is -2.13. The SMILES string of the molecule is CCCS(=O)(=O)Nc1ccccc1Nc1ccnc(Cl)n1. The Bertz CT molecular complexity index is 722. The monoisotopic (exact) mass is 326 g/mol. The first-order valence-electron chi connectivity index (χ1n) is 6.35. The zero-order valence-corrected chi connectivity index (χ0v) is 12.9. The number of para-hydroxylation sites is 2. The molecule has 0 unspecified atom stereocenters. The zero-order chi connectivity index (χ0) is 15.3. The minimum Gasteiger partial charge on any atom is -0.338 e. The Hall–Kier alpha value is -1.86. The standard InChI is InChI=1S/C13H15ClN4O2S/c1-2-9-21(19,20)18-11-6-4-3-5-10(11)16-12-7-8-15-13(14)17-12/h3-8,18H,2,9H2,1H3,(H,15,16,17). The molecule has 0 spiro atoms. The van der Waals surface area contributed by atoms with Crippen LogP contribution in [0.4, 0.5) is 17.2 Å². The van der Waals surface area contributed by atoms with E-state index in [0.29, 0.717) is 23.6 Å². The van der Waals surface area contributed by atoms with Crippen molar-refractivity contribution < 1.29 is 8.42 Å². The summed E-state index contributed by atoms with van der Waals surface area (Å²) < 4.78 is 26.3. The summed E-state index contributed by atoms with van der Waals surface area (Å²) in [6.45, 7) is 1.81. The Morgan fingerprint density at radius 3 is 2.57 bits per heavy atom. The van der Waals surface area contributed by atoms with Crippen LogP contribution in [-0.4, -0.2) is 24.1 Å². The van der Waals surface area contributed by atoms with Crippen LogP contribution in [0, 0.1) is 0 Å². The number of anilines is 3. The molecule has 21 heavy (non-hydrogen) atoms. The molecular weight excluding hydrogens is 312 g/mol. The van der Waals surface area contributed by atoms with Crippen molar-refractivity contribution in [3.8, 4) is 0 Å². The van der Waals surface area contributed by atoms with E-state index in [4.69, 9.17) is 11.6 Å². The fraction of sp³-hybridized carbons (Fsp3) is 0.231. The van der Waals surface area contributed by atoms with Gasteiger partial charge < -0.3 is 5.32 Å². The third kappa shape index (κ3) is 4.57. The van der Waals surface area contributed by atoms with E-state index in [0.717, 1.165) is 0 Å². The summed E-state index contributed by atoms with van der Waals surface area (Å²) in [7, 11) is -3.36. The van der Waals surface area contributed by atoms with E-state index >= 15 is 0 Å². The zero-order valence-electron chi connectivity index (χ0n) is 11.4. The average molecular weight is 327 g/mol. The molecule has 0 atom stereocenters. The van der Waals surface area contributed by atoms with Crippen LogP contribution in [0.5, 0.6) is 0 Å². The van der Waals surface area contributed by atoms with Gasteiger partial charge >= 0.3 is 0 Å². The van der Waals surface area contributed by atoms with E-state index in [1.807, 2.05) is 6.92 Å². The van der Waals surface area contributed by atoms with Crippen LogP contribution >= 0.6 is 11.6 Å². The molecule has 1 aromatic carbocycles. The summed E-state index contributed by atoms with van der Waals surface area (Å²) >= 11 is 5.72. The lowest BCUT2D eigenvalue weighted by atomic mass is 10.3. The van der Waals surface area contributed by atoms with Gasteiger partial charge in [0, 0.05) is 6.20 Å². The van der Waals surface area contributed by atoms with E-state index in [-0.39, 0.29) is 11.0 Å². The first-order valence-corrected chi connectivity index (χ1v) is 8.38. The van der Waals surface area contributed by atoms with Gasteiger partial charge in [0.05, 0.1) is 17.1 Å². The van der Waals surface area contributed by atoms with Crippen molar-refractivity contribution in [2.75, 3.05) is 15.8 Å². The molecule has 0 aliphatic rings. The van der Waals surface area contributed by atoms with E-state index in [2.05, 4.69) is 20.0 Å². The highest BCUT2D eigenvalue weighted by Crippen LogP contribution is 2.25. The molecule has 0 aliphatic carbocycles. The summed E-state index contributed by atoms with van der Waals surface area (Å²) in [4.78, 5) is 7.80. The maximum Gasteiger partial charge on any atom is 0.232 e. The number of nitrogens with one attached hydrogen (secondary N) is 2. The minimum absolute atomic E-state index is 0.0701. The normalized spacial score (nSPS) is 11.1. The molecule has 2 rings (SSSR count). The predicted molar refractivity (Wildman–Crippen MR) is 84.5 cm³/mol. The van der Waals surface area contributed by atoms with Crippen molar-refractivity contribution in [2.45, 2.75) is 13.3 Å². The highest BCUT2D eigenvalue weighted by atomic mass is 35.5. The molecule has 0 saturated heterocycles. The van der Waals surface area contributed by atoms with Gasteiger partial charge in [0.15, 0.2) is 0 Å². The molecule has 0 amide bonds. The van der Waals surface area contributed by atoms with E-state index in [1.165, 1.54) is 6.20 Å². The summed E-state index contributed by atoms with van der Waals surface area (Å²) in [5.74, 6) is 0.554. The Labute approximate surface area is 128 Å². The van der Waals surface area contributed by atoms with Gasteiger partial charge in [-0.05, 0) is 36.2 Å². The first-order chi connectivity index (χ1) is 10.00. The van der Waals surface area contributed by atoms with Gasteiger partial charge in [-0.2, -0.15) is 0 Å². The minimum atomic E-state index is -3.36. The van der Waals surface area contributed by atoms with Crippen molar-refractivity contribution in [1.29, 1.82) is 0 Å².